The molecule has 0 fully saturated rings. The summed E-state index contributed by atoms with van der Waals surface area (Å²) in [6.07, 6.45) is 0. The minimum absolute atomic E-state index is 0.588. The number of furan rings is 1. The number of nitrogens with zero attached hydrogens (tertiary/aromatic N) is 3. The van der Waals surface area contributed by atoms with Gasteiger partial charge in [-0.2, -0.15) is 0 Å². The Labute approximate surface area is 329 Å². The second kappa shape index (κ2) is 13.6. The van der Waals surface area contributed by atoms with Gasteiger partial charge in [0.05, 0.1) is 0 Å². The van der Waals surface area contributed by atoms with E-state index in [4.69, 9.17) is 19.4 Å². The van der Waals surface area contributed by atoms with E-state index in [1.165, 1.54) is 27.5 Å². The highest BCUT2D eigenvalue weighted by molar-refractivity contribution is 6.13. The van der Waals surface area contributed by atoms with Gasteiger partial charge in [0.25, 0.3) is 0 Å². The number of benzene rings is 9. The van der Waals surface area contributed by atoms with Gasteiger partial charge in [-0.15, -0.1) is 0 Å². The van der Waals surface area contributed by atoms with Crippen LogP contribution >= 0.6 is 0 Å². The van der Waals surface area contributed by atoms with Gasteiger partial charge in [-0.3, -0.25) is 0 Å². The maximum atomic E-state index is 6.56. The molecule has 9 aromatic carbocycles. The lowest BCUT2D eigenvalue weighted by Gasteiger charge is -2.12. The molecule has 0 aliphatic carbocycles. The number of fused-ring (bicyclic) bond motifs is 5. The second-order valence-corrected chi connectivity index (χ2v) is 14.4. The van der Waals surface area contributed by atoms with Crippen molar-refractivity contribution < 1.29 is 4.42 Å². The Hall–Kier alpha value is -7.69. The Morgan fingerprint density at radius 3 is 1.47 bits per heavy atom. The van der Waals surface area contributed by atoms with E-state index in [2.05, 4.69) is 146 Å². The molecule has 11 rings (SSSR count). The van der Waals surface area contributed by atoms with Crippen LogP contribution in [0.25, 0.3) is 111 Å². The summed E-state index contributed by atoms with van der Waals surface area (Å²) in [5.74, 6) is 1.81. The van der Waals surface area contributed by atoms with E-state index in [1.54, 1.807) is 0 Å². The number of hydrogen-bond donors (Lipinski definition) is 0. The lowest BCUT2D eigenvalue weighted by Crippen LogP contribution is -2.00. The third kappa shape index (κ3) is 6.01. The van der Waals surface area contributed by atoms with Crippen molar-refractivity contribution >= 4 is 43.5 Å². The maximum Gasteiger partial charge on any atom is 0.164 e. The van der Waals surface area contributed by atoms with Crippen LogP contribution in [0.3, 0.4) is 0 Å². The first-order valence-corrected chi connectivity index (χ1v) is 19.2. The second-order valence-electron chi connectivity index (χ2n) is 14.4. The van der Waals surface area contributed by atoms with Gasteiger partial charge in [-0.25, -0.2) is 15.0 Å². The van der Waals surface area contributed by atoms with Gasteiger partial charge in [0, 0.05) is 27.5 Å². The van der Waals surface area contributed by atoms with E-state index in [0.29, 0.717) is 17.5 Å². The van der Waals surface area contributed by atoms with E-state index in [-0.39, 0.29) is 0 Å². The topological polar surface area (TPSA) is 51.8 Å². The molecule has 0 saturated heterocycles. The Bertz CT molecular complexity index is 3280. The molecule has 0 N–H and O–H groups in total. The predicted octanol–water partition coefficient (Wildman–Crippen LogP) is 14.1. The monoisotopic (exact) mass is 727 g/mol. The summed E-state index contributed by atoms with van der Waals surface area (Å²) in [6, 6.07) is 70.0. The van der Waals surface area contributed by atoms with Gasteiger partial charge < -0.3 is 4.42 Å². The summed E-state index contributed by atoms with van der Waals surface area (Å²) in [4.78, 5) is 15.5. The Kier molecular flexibility index (Phi) is 7.78. The lowest BCUT2D eigenvalue weighted by atomic mass is 9.95. The van der Waals surface area contributed by atoms with Gasteiger partial charge in [0.15, 0.2) is 17.5 Å². The molecule has 0 bridgehead atoms. The Morgan fingerprint density at radius 2 is 0.754 bits per heavy atom. The van der Waals surface area contributed by atoms with Crippen molar-refractivity contribution in [2.45, 2.75) is 0 Å². The molecule has 57 heavy (non-hydrogen) atoms. The van der Waals surface area contributed by atoms with E-state index in [1.807, 2.05) is 54.6 Å². The normalized spacial score (nSPS) is 11.5. The summed E-state index contributed by atoms with van der Waals surface area (Å²) in [5.41, 5.74) is 11.2. The lowest BCUT2D eigenvalue weighted by molar-refractivity contribution is 0.669. The Morgan fingerprint density at radius 1 is 0.281 bits per heavy atom. The molecular weight excluding hydrogens is 695 g/mol. The van der Waals surface area contributed by atoms with Crippen LogP contribution in [-0.2, 0) is 0 Å². The number of rotatable bonds is 6. The largest absolute Gasteiger partial charge is 0.456 e. The summed E-state index contributed by atoms with van der Waals surface area (Å²) in [7, 11) is 0. The molecule has 0 aliphatic rings. The fourth-order valence-corrected chi connectivity index (χ4v) is 7.96. The average Bonchev–Trinajstić information content (AvgIpc) is 3.67. The molecule has 0 radical (unpaired) electrons. The average molecular weight is 728 g/mol. The molecule has 0 aliphatic heterocycles. The molecule has 4 heteroatoms. The van der Waals surface area contributed by atoms with Crippen molar-refractivity contribution in [2.24, 2.45) is 0 Å². The van der Waals surface area contributed by atoms with Crippen LogP contribution in [-0.4, -0.2) is 15.0 Å². The molecule has 0 unspecified atom stereocenters. The minimum atomic E-state index is 0.588. The fourth-order valence-electron chi connectivity index (χ4n) is 7.96. The highest BCUT2D eigenvalue weighted by atomic mass is 16.3. The molecule has 11 aromatic rings. The van der Waals surface area contributed by atoms with Crippen LogP contribution in [0, 0.1) is 0 Å². The van der Waals surface area contributed by atoms with Crippen LogP contribution in [0.1, 0.15) is 0 Å². The summed E-state index contributed by atoms with van der Waals surface area (Å²) in [5, 5.41) is 6.73. The van der Waals surface area contributed by atoms with Crippen LogP contribution in [0.4, 0.5) is 0 Å². The molecule has 0 saturated carbocycles. The molecule has 2 heterocycles. The van der Waals surface area contributed by atoms with E-state index < -0.39 is 0 Å². The van der Waals surface area contributed by atoms with E-state index >= 15 is 0 Å². The zero-order chi connectivity index (χ0) is 37.7. The van der Waals surface area contributed by atoms with E-state index in [9.17, 15) is 0 Å². The third-order valence-corrected chi connectivity index (χ3v) is 10.9. The molecular formula is C53H33N3O. The van der Waals surface area contributed by atoms with Crippen molar-refractivity contribution in [2.75, 3.05) is 0 Å². The highest BCUT2D eigenvalue weighted by Gasteiger charge is 2.20. The van der Waals surface area contributed by atoms with Crippen LogP contribution in [0.2, 0.25) is 0 Å². The van der Waals surface area contributed by atoms with Crippen molar-refractivity contribution in [1.82, 2.24) is 15.0 Å². The number of para-hydroxylation sites is 1. The van der Waals surface area contributed by atoms with Crippen LogP contribution in [0.5, 0.6) is 0 Å². The number of aromatic nitrogens is 3. The standard InChI is InChI=1S/C53H33N3O/c1-3-11-34(12-4-1)40-25-26-43-31-44(28-27-42(43)30-40)52-54-51(38-14-5-2-6-15-38)55-53(56-52)47-32-45(33-49-50(47)46-17-9-10-18-48(46)57-49)37-21-19-36(20-22-37)41-24-23-35-13-7-8-16-39(35)29-41/h1-33H. The maximum absolute atomic E-state index is 6.56. The van der Waals surface area contributed by atoms with Gasteiger partial charge in [-0.05, 0) is 91.3 Å². The molecule has 0 spiro atoms. The van der Waals surface area contributed by atoms with Crippen LogP contribution in [0.15, 0.2) is 205 Å². The van der Waals surface area contributed by atoms with Gasteiger partial charge in [0.1, 0.15) is 11.2 Å². The first-order valence-electron chi connectivity index (χ1n) is 19.2. The molecule has 0 amide bonds. The van der Waals surface area contributed by atoms with Crippen molar-refractivity contribution in [1.29, 1.82) is 0 Å². The predicted molar refractivity (Wildman–Crippen MR) is 235 cm³/mol. The van der Waals surface area contributed by atoms with Crippen molar-refractivity contribution in [3.8, 4) is 67.5 Å². The quantitative estimate of drug-likeness (QED) is 0.171. The summed E-state index contributed by atoms with van der Waals surface area (Å²) >= 11 is 0. The Balaban J connectivity index is 1.07. The number of hydrogen-bond acceptors (Lipinski definition) is 4. The minimum Gasteiger partial charge on any atom is -0.456 e. The fraction of sp³-hybridized carbons (Fsp3) is 0. The summed E-state index contributed by atoms with van der Waals surface area (Å²) < 4.78 is 6.56. The van der Waals surface area contributed by atoms with E-state index in [0.717, 1.165) is 66.1 Å². The molecule has 4 nitrogen and oxygen atoms in total. The van der Waals surface area contributed by atoms with Gasteiger partial charge >= 0.3 is 0 Å². The zero-order valence-corrected chi connectivity index (χ0v) is 30.8. The molecule has 266 valence electrons. The SMILES string of the molecule is c1ccc(-c2ccc3cc(-c4nc(-c5ccccc5)nc(-c5cc(-c6ccc(-c7ccc8ccccc8c7)cc6)cc6oc7ccccc7c56)n4)ccc3c2)cc1. The van der Waals surface area contributed by atoms with Gasteiger partial charge in [-0.1, -0.05) is 164 Å². The summed E-state index contributed by atoms with van der Waals surface area (Å²) in [6.45, 7) is 0. The smallest absolute Gasteiger partial charge is 0.164 e. The molecule has 0 atom stereocenters. The van der Waals surface area contributed by atoms with Crippen molar-refractivity contribution in [3.05, 3.63) is 200 Å². The highest BCUT2D eigenvalue weighted by Crippen LogP contribution is 2.40. The first-order chi connectivity index (χ1) is 28.2. The van der Waals surface area contributed by atoms with Crippen molar-refractivity contribution in [3.63, 3.8) is 0 Å². The van der Waals surface area contributed by atoms with Gasteiger partial charge in [0.2, 0.25) is 0 Å². The van der Waals surface area contributed by atoms with Crippen LogP contribution < -0.4 is 0 Å². The third-order valence-electron chi connectivity index (χ3n) is 10.9. The zero-order valence-electron chi connectivity index (χ0n) is 30.8. The molecule has 2 aromatic heterocycles. The first kappa shape index (κ1) is 32.7.